The Bertz CT molecular complexity index is 1480. The number of nitrogens with zero attached hydrogens (tertiary/aromatic N) is 5. The van der Waals surface area contributed by atoms with Gasteiger partial charge in [-0.15, -0.1) is 0 Å². The number of aromatic nitrogens is 5. The number of benzene rings is 1. The van der Waals surface area contributed by atoms with Crippen LogP contribution >= 0.6 is 0 Å². The molecule has 3 heterocycles. The first-order chi connectivity index (χ1) is 17.1. The summed E-state index contributed by atoms with van der Waals surface area (Å²) in [5, 5.41) is 19.6. The first-order valence-electron chi connectivity index (χ1n) is 10.7. The van der Waals surface area contributed by atoms with Crippen LogP contribution in [0.1, 0.15) is 34.6 Å². The largest absolute Gasteiger partial charge is 0.390 e. The number of pyridine rings is 1. The van der Waals surface area contributed by atoms with Gasteiger partial charge in [-0.1, -0.05) is 12.1 Å². The molecule has 9 nitrogen and oxygen atoms in total. The number of alkyl halides is 2. The fourth-order valence-electron chi connectivity index (χ4n) is 3.66. The summed E-state index contributed by atoms with van der Waals surface area (Å²) in [7, 11) is 1.75. The van der Waals surface area contributed by atoms with Crippen molar-refractivity contribution in [1.82, 2.24) is 29.9 Å². The van der Waals surface area contributed by atoms with Crippen LogP contribution in [-0.2, 0) is 13.0 Å². The van der Waals surface area contributed by atoms with E-state index >= 15 is 0 Å². The summed E-state index contributed by atoms with van der Waals surface area (Å²) < 4.78 is 45.1. The van der Waals surface area contributed by atoms with Gasteiger partial charge in [0, 0.05) is 36.6 Å². The van der Waals surface area contributed by atoms with Crippen LogP contribution in [0.2, 0.25) is 0 Å². The third-order valence-corrected chi connectivity index (χ3v) is 5.55. The zero-order chi connectivity index (χ0) is 26.0. The van der Waals surface area contributed by atoms with Gasteiger partial charge < -0.3 is 10.4 Å². The molecule has 0 aliphatic rings. The normalized spacial score (nSPS) is 12.4. The molecule has 0 spiro atoms. The van der Waals surface area contributed by atoms with Crippen LogP contribution in [0.5, 0.6) is 0 Å². The van der Waals surface area contributed by atoms with Gasteiger partial charge >= 0.3 is 0 Å². The lowest BCUT2D eigenvalue weighted by Crippen LogP contribution is -2.31. The van der Waals surface area contributed by atoms with Crippen LogP contribution in [0.4, 0.5) is 13.2 Å². The summed E-state index contributed by atoms with van der Waals surface area (Å²) in [5.74, 6) is -5.77. The number of aryl methyl sites for hydroxylation is 1. The fraction of sp³-hybridized carbons (Fsp3) is 0.208. The molecule has 0 bridgehead atoms. The second-order valence-corrected chi connectivity index (χ2v) is 8.01. The molecule has 1 aromatic carbocycles. The number of nitrogens with one attached hydrogen (secondary N) is 1. The van der Waals surface area contributed by atoms with E-state index in [1.54, 1.807) is 36.3 Å². The molecular weight excluding hydrogens is 477 g/mol. The molecule has 1 amide bonds. The van der Waals surface area contributed by atoms with Gasteiger partial charge in [0.15, 0.2) is 0 Å². The van der Waals surface area contributed by atoms with Crippen LogP contribution < -0.4 is 10.9 Å². The number of amides is 1. The summed E-state index contributed by atoms with van der Waals surface area (Å²) in [6, 6.07) is 8.08. The van der Waals surface area contributed by atoms with E-state index in [1.807, 2.05) is 0 Å². The lowest BCUT2D eigenvalue weighted by Gasteiger charge is -2.20. The van der Waals surface area contributed by atoms with Gasteiger partial charge in [0.1, 0.15) is 18.1 Å². The van der Waals surface area contributed by atoms with Gasteiger partial charge in [0.2, 0.25) is 0 Å². The van der Waals surface area contributed by atoms with Crippen LogP contribution in [0.15, 0.2) is 65.8 Å². The van der Waals surface area contributed by atoms with E-state index in [-0.39, 0.29) is 11.3 Å². The summed E-state index contributed by atoms with van der Waals surface area (Å²) in [4.78, 5) is 29.5. The Morgan fingerprint density at radius 3 is 2.67 bits per heavy atom. The number of aliphatic hydroxyl groups is 1. The second-order valence-electron chi connectivity index (χ2n) is 8.01. The van der Waals surface area contributed by atoms with Crippen LogP contribution in [-0.4, -0.2) is 42.2 Å². The van der Waals surface area contributed by atoms with Gasteiger partial charge in [0.05, 0.1) is 29.2 Å². The summed E-state index contributed by atoms with van der Waals surface area (Å²) in [6.07, 6.45) is 4.61. The van der Waals surface area contributed by atoms with Crippen LogP contribution in [0, 0.1) is 5.82 Å². The van der Waals surface area contributed by atoms with Crippen molar-refractivity contribution in [2.24, 2.45) is 7.05 Å². The molecule has 0 aliphatic heterocycles. The predicted octanol–water partition coefficient (Wildman–Crippen LogP) is 2.74. The van der Waals surface area contributed by atoms with Gasteiger partial charge in [-0.2, -0.15) is 23.7 Å². The Hall–Kier alpha value is -4.32. The average Bonchev–Trinajstić information content (AvgIpc) is 3.30. The smallest absolute Gasteiger partial charge is 0.298 e. The van der Waals surface area contributed by atoms with Gasteiger partial charge in [-0.3, -0.25) is 19.3 Å². The second kappa shape index (κ2) is 9.74. The first-order valence-corrected chi connectivity index (χ1v) is 10.7. The van der Waals surface area contributed by atoms with E-state index in [2.05, 4.69) is 20.5 Å². The van der Waals surface area contributed by atoms with Crippen molar-refractivity contribution in [1.29, 1.82) is 0 Å². The number of halogens is 3. The Kier molecular flexibility index (Phi) is 6.71. The molecule has 0 aliphatic carbocycles. The van der Waals surface area contributed by atoms with Crippen molar-refractivity contribution in [2.75, 3.05) is 6.61 Å². The highest BCUT2D eigenvalue weighted by atomic mass is 19.3. The van der Waals surface area contributed by atoms with E-state index in [1.165, 1.54) is 31.3 Å². The fourth-order valence-corrected chi connectivity index (χ4v) is 3.66. The standard InChI is InChI=1S/C24H21F3N6O3/c1-14(17-4-3-5-18(22(17)25)24(26,27)13-34)30-23(36)19-6-7-21(35)33(31-19)16-10-15(11-28-12-16)20-8-9-29-32(20)2/h3-12,14,34H,13H2,1-2H3,(H,30,36)/t14-/m1/s1. The Morgan fingerprint density at radius 2 is 1.97 bits per heavy atom. The van der Waals surface area contributed by atoms with Gasteiger partial charge in [-0.05, 0) is 31.2 Å². The minimum absolute atomic E-state index is 0.162. The molecule has 0 saturated heterocycles. The summed E-state index contributed by atoms with van der Waals surface area (Å²) in [6.45, 7) is -0.148. The Balaban J connectivity index is 1.62. The van der Waals surface area contributed by atoms with Crippen LogP contribution in [0.3, 0.4) is 0 Å². The number of carbonyl (C=O) groups excluding carboxylic acids is 1. The quantitative estimate of drug-likeness (QED) is 0.405. The van der Waals surface area contributed by atoms with Crippen molar-refractivity contribution in [3.63, 3.8) is 0 Å². The maximum absolute atomic E-state index is 14.8. The molecule has 0 radical (unpaired) electrons. The van der Waals surface area contributed by atoms with Crippen molar-refractivity contribution in [3.8, 4) is 16.9 Å². The number of rotatable bonds is 7. The van der Waals surface area contributed by atoms with Gasteiger partial charge in [0.25, 0.3) is 17.4 Å². The SMILES string of the molecule is C[C@@H](NC(=O)c1ccc(=O)n(-c2cncc(-c3ccnn3C)c2)n1)c1cccc(C(F)(F)CO)c1F. The third-order valence-electron chi connectivity index (χ3n) is 5.55. The van der Waals surface area contributed by atoms with E-state index in [9.17, 15) is 22.8 Å². The van der Waals surface area contributed by atoms with E-state index < -0.39 is 41.4 Å². The zero-order valence-electron chi connectivity index (χ0n) is 19.2. The minimum atomic E-state index is -3.78. The number of hydrogen-bond acceptors (Lipinski definition) is 6. The monoisotopic (exact) mass is 498 g/mol. The lowest BCUT2D eigenvalue weighted by atomic mass is 10.0. The number of hydrogen-bond donors (Lipinski definition) is 2. The molecule has 0 saturated carbocycles. The Morgan fingerprint density at radius 1 is 1.19 bits per heavy atom. The van der Waals surface area contributed by atoms with Crippen LogP contribution in [0.25, 0.3) is 16.9 Å². The van der Waals surface area contributed by atoms with Crippen molar-refractivity contribution < 1.29 is 23.1 Å². The van der Waals surface area contributed by atoms with Gasteiger partial charge in [-0.25, -0.2) is 4.39 Å². The molecule has 3 aromatic heterocycles. The highest BCUT2D eigenvalue weighted by Crippen LogP contribution is 2.32. The molecule has 0 fully saturated rings. The number of aliphatic hydroxyl groups excluding tert-OH is 1. The Labute approximate surface area is 202 Å². The minimum Gasteiger partial charge on any atom is -0.390 e. The molecule has 0 unspecified atom stereocenters. The average molecular weight is 498 g/mol. The van der Waals surface area contributed by atoms with E-state index in [4.69, 9.17) is 5.11 Å². The first kappa shape index (κ1) is 24.8. The maximum Gasteiger partial charge on any atom is 0.298 e. The molecule has 1 atom stereocenters. The van der Waals surface area contributed by atoms with E-state index in [0.29, 0.717) is 11.3 Å². The van der Waals surface area contributed by atoms with E-state index in [0.717, 1.165) is 22.5 Å². The molecule has 4 aromatic rings. The zero-order valence-corrected chi connectivity index (χ0v) is 19.2. The highest BCUT2D eigenvalue weighted by molar-refractivity contribution is 5.92. The molecule has 186 valence electrons. The summed E-state index contributed by atoms with van der Waals surface area (Å²) >= 11 is 0. The topological polar surface area (TPSA) is 115 Å². The molecule has 2 N–H and O–H groups in total. The third kappa shape index (κ3) is 4.75. The van der Waals surface area contributed by atoms with Crippen molar-refractivity contribution >= 4 is 5.91 Å². The predicted molar refractivity (Wildman–Crippen MR) is 123 cm³/mol. The van der Waals surface area contributed by atoms with Crippen molar-refractivity contribution in [2.45, 2.75) is 18.9 Å². The summed E-state index contributed by atoms with van der Waals surface area (Å²) in [5.41, 5.74) is -0.146. The number of carbonyl (C=O) groups is 1. The maximum atomic E-state index is 14.8. The highest BCUT2D eigenvalue weighted by Gasteiger charge is 2.35. The lowest BCUT2D eigenvalue weighted by molar-refractivity contribution is -0.0584. The molecule has 4 rings (SSSR count). The molecule has 36 heavy (non-hydrogen) atoms. The molecule has 12 heteroatoms. The molecular formula is C24H21F3N6O3. The van der Waals surface area contributed by atoms with Crippen molar-refractivity contribution in [3.05, 3.63) is 94.0 Å².